The van der Waals surface area contributed by atoms with Gasteiger partial charge in [0.15, 0.2) is 17.3 Å². The Morgan fingerprint density at radius 3 is 2.41 bits per heavy atom. The Kier molecular flexibility index (Phi) is 6.93. The van der Waals surface area contributed by atoms with Gasteiger partial charge in [-0.1, -0.05) is 0 Å². The molecule has 1 amide bonds. The van der Waals surface area contributed by atoms with Crippen molar-refractivity contribution in [3.8, 4) is 0 Å². The number of nitrogens with zero attached hydrogens (tertiary/aromatic N) is 5. The highest BCUT2D eigenvalue weighted by molar-refractivity contribution is 5.79. The van der Waals surface area contributed by atoms with Crippen molar-refractivity contribution in [3.63, 3.8) is 0 Å². The zero-order valence-electron chi connectivity index (χ0n) is 20.7. The number of rotatable bonds is 6. The number of benzene rings is 1. The third-order valence-electron chi connectivity index (χ3n) is 6.98. The second-order valence-corrected chi connectivity index (χ2v) is 10.1. The number of aromatic nitrogens is 4. The van der Waals surface area contributed by atoms with Gasteiger partial charge in [-0.25, -0.2) is 23.1 Å². The van der Waals surface area contributed by atoms with E-state index in [0.717, 1.165) is 0 Å². The Hall–Kier alpha value is -3.41. The van der Waals surface area contributed by atoms with Gasteiger partial charge in [0.25, 0.3) is 0 Å². The van der Waals surface area contributed by atoms with E-state index in [1.807, 2.05) is 13.8 Å². The van der Waals surface area contributed by atoms with Crippen LogP contribution in [0.25, 0.3) is 11.2 Å². The minimum Gasteiger partial charge on any atom is -0.391 e. The van der Waals surface area contributed by atoms with Crippen molar-refractivity contribution in [2.24, 2.45) is 5.92 Å². The largest absolute Gasteiger partial charge is 0.391 e. The number of β-amino-alcohol motifs (C(OH)–C–C–N with tert-alkyl or cyclic N) is 1. The van der Waals surface area contributed by atoms with Crippen LogP contribution in [0.5, 0.6) is 0 Å². The summed E-state index contributed by atoms with van der Waals surface area (Å²) in [5.41, 5.74) is 0.410. The molecule has 9 nitrogen and oxygen atoms in total. The number of hydrogen-bond donors (Lipinski definition) is 3. The predicted octanol–water partition coefficient (Wildman–Crippen LogP) is 4.13. The lowest BCUT2D eigenvalue weighted by Gasteiger charge is -2.32. The molecule has 3 heterocycles. The van der Waals surface area contributed by atoms with E-state index >= 15 is 0 Å². The van der Waals surface area contributed by atoms with E-state index in [9.17, 15) is 23.1 Å². The molecule has 1 aromatic carbocycles. The molecule has 3 N–H and O–H groups in total. The zero-order valence-corrected chi connectivity index (χ0v) is 20.7. The highest BCUT2D eigenvalue weighted by Gasteiger charge is 2.34. The fourth-order valence-corrected chi connectivity index (χ4v) is 5.21. The van der Waals surface area contributed by atoms with Crippen LogP contribution in [-0.2, 0) is 4.79 Å². The Labute approximate surface area is 212 Å². The first-order valence-electron chi connectivity index (χ1n) is 12.6. The SMILES string of the molecule is CC(C)Nc1ncc2nc(Nc3c(F)cc(F)cc3F)n([C@H]3CC[C@@H](C(=O)N4CCC(O)C4)CC3)c2n1. The van der Waals surface area contributed by atoms with Gasteiger partial charge in [-0.2, -0.15) is 4.98 Å². The molecule has 5 rings (SSSR count). The van der Waals surface area contributed by atoms with Crippen molar-refractivity contribution < 1.29 is 23.1 Å². The molecule has 1 atom stereocenters. The summed E-state index contributed by atoms with van der Waals surface area (Å²) in [7, 11) is 0. The molecule has 1 aliphatic carbocycles. The first-order valence-corrected chi connectivity index (χ1v) is 12.6. The van der Waals surface area contributed by atoms with Crippen molar-refractivity contribution in [2.75, 3.05) is 23.7 Å². The molecule has 198 valence electrons. The fraction of sp³-hybridized carbons (Fsp3) is 0.520. The third-order valence-corrected chi connectivity index (χ3v) is 6.98. The van der Waals surface area contributed by atoms with Crippen LogP contribution in [0.2, 0.25) is 0 Å². The molecular weight excluding hydrogens is 487 g/mol. The summed E-state index contributed by atoms with van der Waals surface area (Å²) in [6, 6.07) is 1.15. The second-order valence-electron chi connectivity index (χ2n) is 10.1. The number of carbonyl (C=O) groups excluding carboxylic acids is 1. The Balaban J connectivity index is 1.46. The molecule has 0 spiro atoms. The van der Waals surface area contributed by atoms with E-state index in [1.165, 1.54) is 0 Å². The van der Waals surface area contributed by atoms with Crippen molar-refractivity contribution in [2.45, 2.75) is 64.1 Å². The van der Waals surface area contributed by atoms with Gasteiger partial charge in [0, 0.05) is 43.2 Å². The van der Waals surface area contributed by atoms with Crippen LogP contribution in [-0.4, -0.2) is 60.7 Å². The van der Waals surface area contributed by atoms with E-state index in [0.29, 0.717) is 74.4 Å². The Morgan fingerprint density at radius 2 is 1.78 bits per heavy atom. The van der Waals surface area contributed by atoms with E-state index < -0.39 is 29.2 Å². The van der Waals surface area contributed by atoms with Crippen molar-refractivity contribution in [3.05, 3.63) is 35.8 Å². The van der Waals surface area contributed by atoms with Gasteiger partial charge in [-0.15, -0.1) is 0 Å². The van der Waals surface area contributed by atoms with Gasteiger partial charge < -0.3 is 20.6 Å². The topological polar surface area (TPSA) is 108 Å². The molecule has 37 heavy (non-hydrogen) atoms. The van der Waals surface area contributed by atoms with Gasteiger partial charge in [-0.3, -0.25) is 9.36 Å². The number of aliphatic hydroxyl groups is 1. The molecule has 1 aliphatic heterocycles. The molecule has 1 saturated carbocycles. The van der Waals surface area contributed by atoms with Crippen molar-refractivity contribution in [1.82, 2.24) is 24.4 Å². The summed E-state index contributed by atoms with van der Waals surface area (Å²) in [5.74, 6) is -2.70. The third kappa shape index (κ3) is 5.20. The van der Waals surface area contributed by atoms with Crippen LogP contribution in [0.15, 0.2) is 18.3 Å². The summed E-state index contributed by atoms with van der Waals surface area (Å²) in [6.07, 6.45) is 4.16. The summed E-state index contributed by atoms with van der Waals surface area (Å²) >= 11 is 0. The van der Waals surface area contributed by atoms with Crippen molar-refractivity contribution in [1.29, 1.82) is 0 Å². The highest BCUT2D eigenvalue weighted by atomic mass is 19.1. The normalized spacial score (nSPS) is 22.1. The fourth-order valence-electron chi connectivity index (χ4n) is 5.21. The number of nitrogens with one attached hydrogen (secondary N) is 2. The quantitative estimate of drug-likeness (QED) is 0.451. The standard InChI is InChI=1S/C25H30F3N7O2/c1-13(2)30-24-29-11-20-22(33-24)35(25(31-20)32-21-18(27)9-15(26)10-19(21)28)16-5-3-14(4-6-16)23(37)34-8-7-17(36)12-34/h9-11,13-14,16-17,36H,3-8,12H2,1-2H3,(H,31,32)(H,29,30,33)/t14-,16+,17?. The van der Waals surface area contributed by atoms with Crippen molar-refractivity contribution >= 4 is 34.7 Å². The molecule has 12 heteroatoms. The van der Waals surface area contributed by atoms with Gasteiger partial charge >= 0.3 is 0 Å². The monoisotopic (exact) mass is 517 g/mol. The summed E-state index contributed by atoms with van der Waals surface area (Å²) in [4.78, 5) is 28.1. The Bertz CT molecular complexity index is 1280. The molecule has 0 radical (unpaired) electrons. The minimum atomic E-state index is -1.08. The second kappa shape index (κ2) is 10.2. The number of aliphatic hydroxyl groups excluding tert-OH is 1. The lowest BCUT2D eigenvalue weighted by Crippen LogP contribution is -2.37. The van der Waals surface area contributed by atoms with E-state index in [1.54, 1.807) is 15.7 Å². The first-order chi connectivity index (χ1) is 17.7. The lowest BCUT2D eigenvalue weighted by molar-refractivity contribution is -0.136. The van der Waals surface area contributed by atoms with Gasteiger partial charge in [0.1, 0.15) is 17.0 Å². The van der Waals surface area contributed by atoms with Gasteiger partial charge in [0.2, 0.25) is 17.8 Å². The smallest absolute Gasteiger partial charge is 0.225 e. The van der Waals surface area contributed by atoms with Crippen LogP contribution < -0.4 is 10.6 Å². The maximum atomic E-state index is 14.5. The number of imidazole rings is 1. The molecule has 1 unspecified atom stereocenters. The first kappa shape index (κ1) is 25.2. The lowest BCUT2D eigenvalue weighted by atomic mass is 9.85. The number of amides is 1. The maximum absolute atomic E-state index is 14.5. The molecule has 3 aromatic rings. The molecule has 0 bridgehead atoms. The molecular formula is C25H30F3N7O2. The Morgan fingerprint density at radius 1 is 1.08 bits per heavy atom. The molecule has 2 fully saturated rings. The molecule has 1 saturated heterocycles. The predicted molar refractivity (Wildman–Crippen MR) is 132 cm³/mol. The van der Waals surface area contributed by atoms with E-state index in [4.69, 9.17) is 0 Å². The number of fused-ring (bicyclic) bond motifs is 1. The van der Waals surface area contributed by atoms with E-state index in [2.05, 4.69) is 25.6 Å². The van der Waals surface area contributed by atoms with Crippen LogP contribution in [0.1, 0.15) is 52.0 Å². The number of hydrogen-bond acceptors (Lipinski definition) is 7. The molecule has 2 aliphatic rings. The number of halogens is 3. The highest BCUT2D eigenvalue weighted by Crippen LogP contribution is 2.38. The maximum Gasteiger partial charge on any atom is 0.225 e. The van der Waals surface area contributed by atoms with Crippen LogP contribution in [0.3, 0.4) is 0 Å². The molecule has 2 aromatic heterocycles. The number of carbonyl (C=O) groups is 1. The van der Waals surface area contributed by atoms with Crippen LogP contribution in [0, 0.1) is 23.4 Å². The van der Waals surface area contributed by atoms with Gasteiger partial charge in [-0.05, 0) is 46.0 Å². The summed E-state index contributed by atoms with van der Waals surface area (Å²) in [5, 5.41) is 15.7. The summed E-state index contributed by atoms with van der Waals surface area (Å²) in [6.45, 7) is 4.85. The number of likely N-dealkylation sites (tertiary alicyclic amines) is 1. The van der Waals surface area contributed by atoms with Crippen LogP contribution in [0.4, 0.5) is 30.8 Å². The number of anilines is 3. The van der Waals surface area contributed by atoms with Gasteiger partial charge in [0.05, 0.1) is 12.3 Å². The summed E-state index contributed by atoms with van der Waals surface area (Å²) < 4.78 is 44.2. The van der Waals surface area contributed by atoms with E-state index in [-0.39, 0.29) is 29.9 Å². The minimum absolute atomic E-state index is 0.0602. The van der Waals surface area contributed by atoms with Crippen LogP contribution >= 0.6 is 0 Å². The average molecular weight is 518 g/mol. The zero-order chi connectivity index (χ0) is 26.3. The average Bonchev–Trinajstić information content (AvgIpc) is 3.43.